The summed E-state index contributed by atoms with van der Waals surface area (Å²) in [5.74, 6) is 8.48. The molecule has 0 saturated heterocycles. The number of hydrogen-bond donors (Lipinski definition) is 0. The maximum absolute atomic E-state index is 2.57. The average Bonchev–Trinajstić information content (AvgIpc) is 2.85. The second kappa shape index (κ2) is 2.66. The first-order chi connectivity index (χ1) is 7.92. The minimum atomic E-state index is 0.987. The molecule has 5 aliphatic carbocycles. The molecule has 3 fully saturated rings. The van der Waals surface area contributed by atoms with Gasteiger partial charge in [0.2, 0.25) is 0 Å². The van der Waals surface area contributed by atoms with Crippen molar-refractivity contribution in [3.05, 3.63) is 24.3 Å². The van der Waals surface area contributed by atoms with Crippen LogP contribution in [0.1, 0.15) is 25.7 Å². The minimum Gasteiger partial charge on any atom is -0.0880 e. The topological polar surface area (TPSA) is 0 Å². The van der Waals surface area contributed by atoms with Crippen molar-refractivity contribution in [2.75, 3.05) is 0 Å². The van der Waals surface area contributed by atoms with Crippen molar-refractivity contribution < 1.29 is 0 Å². The van der Waals surface area contributed by atoms with Gasteiger partial charge < -0.3 is 0 Å². The molecule has 0 N–H and O–H groups in total. The molecule has 0 spiro atoms. The van der Waals surface area contributed by atoms with E-state index in [1.165, 1.54) is 19.3 Å². The summed E-state index contributed by atoms with van der Waals surface area (Å²) in [6, 6.07) is 0. The van der Waals surface area contributed by atoms with Crippen LogP contribution in [0.25, 0.3) is 0 Å². The van der Waals surface area contributed by atoms with Crippen LogP contribution >= 0.6 is 0 Å². The predicted octanol–water partition coefficient (Wildman–Crippen LogP) is 3.66. The Morgan fingerprint density at radius 3 is 2.56 bits per heavy atom. The highest BCUT2D eigenvalue weighted by Crippen LogP contribution is 2.66. The Kier molecular flexibility index (Phi) is 1.42. The van der Waals surface area contributed by atoms with Gasteiger partial charge in [0, 0.05) is 0 Å². The van der Waals surface area contributed by atoms with Gasteiger partial charge in [0.25, 0.3) is 0 Å². The largest absolute Gasteiger partial charge is 0.0880 e. The maximum atomic E-state index is 2.57. The van der Waals surface area contributed by atoms with Gasteiger partial charge in [0.1, 0.15) is 0 Å². The number of fused-ring (bicyclic) bond motifs is 6. The molecule has 3 saturated carbocycles. The lowest BCUT2D eigenvalue weighted by atomic mass is 9.45. The predicted molar refractivity (Wildman–Crippen MR) is 64.7 cm³/mol. The SMILES string of the molecule is C1=CC2CC3C2C(C1)CC1C2C=CC(C2)C13. The quantitative estimate of drug-likeness (QED) is 0.538. The molecule has 5 aliphatic rings. The van der Waals surface area contributed by atoms with Crippen LogP contribution in [0, 0.1) is 47.3 Å². The molecule has 0 heteroatoms. The summed E-state index contributed by atoms with van der Waals surface area (Å²) in [6.07, 6.45) is 16.2. The third-order valence-electron chi connectivity index (χ3n) is 6.66. The molecular weight excluding hydrogens is 192 g/mol. The van der Waals surface area contributed by atoms with E-state index in [0.29, 0.717) is 0 Å². The third-order valence-corrected chi connectivity index (χ3v) is 6.66. The Morgan fingerprint density at radius 1 is 0.688 bits per heavy atom. The van der Waals surface area contributed by atoms with Gasteiger partial charge >= 0.3 is 0 Å². The highest BCUT2D eigenvalue weighted by atomic mass is 14.6. The molecule has 16 heavy (non-hydrogen) atoms. The summed E-state index contributed by atoms with van der Waals surface area (Å²) in [5.41, 5.74) is 0. The van der Waals surface area contributed by atoms with Gasteiger partial charge in [-0.1, -0.05) is 24.3 Å². The standard InChI is InChI=1S/C16H20/c1-2-10-7-13-9-4-5-12(6-9)16(13)14-8-11(3-1)15(10)14/h1,3-5,9-16H,2,6-8H2. The Labute approximate surface area is 97.8 Å². The highest BCUT2D eigenvalue weighted by molar-refractivity contribution is 5.21. The first-order valence-electron chi connectivity index (χ1n) is 7.27. The van der Waals surface area contributed by atoms with Gasteiger partial charge in [0.05, 0.1) is 0 Å². The fraction of sp³-hybridized carbons (Fsp3) is 0.750. The van der Waals surface area contributed by atoms with Crippen molar-refractivity contribution >= 4 is 0 Å². The molecule has 0 aromatic heterocycles. The first-order valence-corrected chi connectivity index (χ1v) is 7.27. The second-order valence-corrected chi connectivity index (χ2v) is 6.99. The lowest BCUT2D eigenvalue weighted by Crippen LogP contribution is -2.53. The van der Waals surface area contributed by atoms with Crippen LogP contribution in [0.2, 0.25) is 0 Å². The van der Waals surface area contributed by atoms with Crippen molar-refractivity contribution in [1.29, 1.82) is 0 Å². The van der Waals surface area contributed by atoms with Crippen molar-refractivity contribution in [3.63, 3.8) is 0 Å². The van der Waals surface area contributed by atoms with E-state index in [0.717, 1.165) is 47.3 Å². The van der Waals surface area contributed by atoms with Crippen LogP contribution in [-0.4, -0.2) is 0 Å². The highest BCUT2D eigenvalue weighted by Gasteiger charge is 2.59. The molecule has 0 aromatic rings. The Balaban J connectivity index is 1.56. The van der Waals surface area contributed by atoms with Crippen LogP contribution < -0.4 is 0 Å². The van der Waals surface area contributed by atoms with E-state index in [9.17, 15) is 0 Å². The smallest absolute Gasteiger partial charge is 0.0194 e. The van der Waals surface area contributed by atoms with E-state index >= 15 is 0 Å². The summed E-state index contributed by atoms with van der Waals surface area (Å²) in [4.78, 5) is 0. The molecule has 5 rings (SSSR count). The zero-order chi connectivity index (χ0) is 10.3. The summed E-state index contributed by atoms with van der Waals surface area (Å²) >= 11 is 0. The van der Waals surface area contributed by atoms with Crippen molar-refractivity contribution in [3.8, 4) is 0 Å². The lowest BCUT2D eigenvalue weighted by molar-refractivity contribution is -0.0769. The van der Waals surface area contributed by atoms with Gasteiger partial charge in [-0.3, -0.25) is 0 Å². The normalized spacial score (nSPS) is 64.0. The Hall–Kier alpha value is -0.520. The van der Waals surface area contributed by atoms with Gasteiger partial charge in [-0.25, -0.2) is 0 Å². The van der Waals surface area contributed by atoms with Crippen molar-refractivity contribution in [1.82, 2.24) is 0 Å². The van der Waals surface area contributed by atoms with Gasteiger partial charge in [-0.2, -0.15) is 0 Å². The lowest BCUT2D eigenvalue weighted by Gasteiger charge is -2.59. The number of allylic oxidation sites excluding steroid dienone is 4. The molecule has 8 atom stereocenters. The molecular formula is C16H20. The van der Waals surface area contributed by atoms with Crippen LogP contribution in [0.15, 0.2) is 24.3 Å². The van der Waals surface area contributed by atoms with Gasteiger partial charge in [0.15, 0.2) is 0 Å². The van der Waals surface area contributed by atoms with Crippen LogP contribution in [0.5, 0.6) is 0 Å². The Bertz CT molecular complexity index is 391. The van der Waals surface area contributed by atoms with Crippen molar-refractivity contribution in [2.24, 2.45) is 47.3 Å². The number of hydrogen-bond acceptors (Lipinski definition) is 0. The summed E-state index contributed by atoms with van der Waals surface area (Å²) < 4.78 is 0. The van der Waals surface area contributed by atoms with E-state index in [2.05, 4.69) is 24.3 Å². The molecule has 84 valence electrons. The molecule has 0 aromatic carbocycles. The fourth-order valence-corrected chi connectivity index (χ4v) is 6.19. The molecule has 0 radical (unpaired) electrons. The monoisotopic (exact) mass is 212 g/mol. The van der Waals surface area contributed by atoms with E-state index < -0.39 is 0 Å². The molecule has 2 bridgehead atoms. The molecule has 0 nitrogen and oxygen atoms in total. The average molecular weight is 212 g/mol. The minimum absolute atomic E-state index is 0.987. The van der Waals surface area contributed by atoms with E-state index in [4.69, 9.17) is 0 Å². The van der Waals surface area contributed by atoms with E-state index in [1.807, 2.05) is 0 Å². The van der Waals surface area contributed by atoms with Crippen LogP contribution in [-0.2, 0) is 0 Å². The maximum Gasteiger partial charge on any atom is -0.0194 e. The molecule has 0 amide bonds. The number of rotatable bonds is 0. The van der Waals surface area contributed by atoms with E-state index in [1.54, 1.807) is 6.42 Å². The fourth-order valence-electron chi connectivity index (χ4n) is 6.19. The summed E-state index contributed by atoms with van der Waals surface area (Å²) in [5, 5.41) is 0. The first kappa shape index (κ1) is 8.55. The molecule has 8 unspecified atom stereocenters. The van der Waals surface area contributed by atoms with Gasteiger partial charge in [-0.15, -0.1) is 0 Å². The zero-order valence-corrected chi connectivity index (χ0v) is 9.76. The van der Waals surface area contributed by atoms with Crippen LogP contribution in [0.4, 0.5) is 0 Å². The van der Waals surface area contributed by atoms with E-state index in [-0.39, 0.29) is 0 Å². The third kappa shape index (κ3) is 0.824. The Morgan fingerprint density at radius 2 is 1.56 bits per heavy atom. The second-order valence-electron chi connectivity index (χ2n) is 6.99. The molecule has 0 heterocycles. The van der Waals surface area contributed by atoms with Crippen LogP contribution in [0.3, 0.4) is 0 Å². The van der Waals surface area contributed by atoms with Crippen molar-refractivity contribution in [2.45, 2.75) is 25.7 Å². The molecule has 0 aliphatic heterocycles. The van der Waals surface area contributed by atoms with Gasteiger partial charge in [-0.05, 0) is 73.0 Å². The zero-order valence-electron chi connectivity index (χ0n) is 9.76. The summed E-state index contributed by atoms with van der Waals surface area (Å²) in [7, 11) is 0. The summed E-state index contributed by atoms with van der Waals surface area (Å²) in [6.45, 7) is 0.